The lowest BCUT2D eigenvalue weighted by Gasteiger charge is -2.26. The summed E-state index contributed by atoms with van der Waals surface area (Å²) in [4.78, 5) is 41.3. The molecule has 206 valence electrons. The maximum absolute atomic E-state index is 13.3. The van der Waals surface area contributed by atoms with Crippen LogP contribution in [-0.2, 0) is 16.1 Å². The molecule has 0 aliphatic carbocycles. The molecular formula is C28H38N4O4S2. The Bertz CT molecular complexity index is 1180. The molecular weight excluding hydrogens is 520 g/mol. The van der Waals surface area contributed by atoms with Crippen molar-refractivity contribution in [1.82, 2.24) is 9.47 Å². The molecule has 0 spiro atoms. The van der Waals surface area contributed by atoms with Crippen molar-refractivity contribution in [1.29, 1.82) is 5.26 Å². The van der Waals surface area contributed by atoms with Gasteiger partial charge in [0.2, 0.25) is 0 Å². The van der Waals surface area contributed by atoms with Gasteiger partial charge in [-0.25, -0.2) is 0 Å². The number of carbonyl (C=O) groups is 2. The Hall–Kier alpha value is -2.64. The van der Waals surface area contributed by atoms with Crippen molar-refractivity contribution in [2.75, 3.05) is 24.5 Å². The fourth-order valence-electron chi connectivity index (χ4n) is 5.14. The Labute approximate surface area is 234 Å². The number of rotatable bonds is 14. The third-order valence-corrected chi connectivity index (χ3v) is 8.62. The molecule has 1 aromatic heterocycles. The number of unbranched alkanes of at least 4 members (excludes halogenated alkanes) is 7. The molecule has 1 aromatic rings. The minimum atomic E-state index is -0.727. The molecule has 2 aliphatic rings. The van der Waals surface area contributed by atoms with Crippen molar-refractivity contribution in [2.24, 2.45) is 0 Å². The standard InChI is InChI=1S/C28H38N4O4S2/c1-3-31-25(30-15-12-13-16-30)21(20(2)22(19-29)26(31)35)18-23-27(36)32(28(37)38-23)17-11-9-7-5-4-6-8-10-14-24(33)34/h18H,3-17H2,1-2H3,(H,33,34)/b23-18-. The fraction of sp³-hybridized carbons (Fsp3) is 0.607. The molecule has 0 atom stereocenters. The van der Waals surface area contributed by atoms with Gasteiger partial charge in [0.15, 0.2) is 0 Å². The lowest BCUT2D eigenvalue weighted by atomic mass is 10.0. The van der Waals surface area contributed by atoms with Crippen LogP contribution in [0.2, 0.25) is 0 Å². The molecule has 10 heteroatoms. The Morgan fingerprint density at radius 1 is 1.08 bits per heavy atom. The van der Waals surface area contributed by atoms with Crippen LogP contribution in [0.5, 0.6) is 0 Å². The zero-order valence-electron chi connectivity index (χ0n) is 22.5. The fourth-order valence-corrected chi connectivity index (χ4v) is 6.43. The van der Waals surface area contributed by atoms with Gasteiger partial charge in [0.25, 0.3) is 11.5 Å². The van der Waals surface area contributed by atoms with Crippen LogP contribution in [0.25, 0.3) is 6.08 Å². The van der Waals surface area contributed by atoms with Crippen LogP contribution in [0.4, 0.5) is 5.82 Å². The number of nitriles is 1. The van der Waals surface area contributed by atoms with E-state index in [-0.39, 0.29) is 23.5 Å². The summed E-state index contributed by atoms with van der Waals surface area (Å²) in [5, 5.41) is 18.4. The first-order valence-electron chi connectivity index (χ1n) is 13.7. The van der Waals surface area contributed by atoms with Gasteiger partial charge < -0.3 is 10.0 Å². The Kier molecular flexibility index (Phi) is 11.4. The van der Waals surface area contributed by atoms with Crippen molar-refractivity contribution >= 4 is 52.1 Å². The van der Waals surface area contributed by atoms with E-state index in [1.807, 2.05) is 13.0 Å². The molecule has 38 heavy (non-hydrogen) atoms. The van der Waals surface area contributed by atoms with E-state index in [9.17, 15) is 19.6 Å². The van der Waals surface area contributed by atoms with E-state index < -0.39 is 5.97 Å². The Morgan fingerprint density at radius 2 is 1.68 bits per heavy atom. The van der Waals surface area contributed by atoms with Crippen LogP contribution >= 0.6 is 24.0 Å². The average molecular weight is 559 g/mol. The number of aromatic nitrogens is 1. The minimum absolute atomic E-state index is 0.113. The third kappa shape index (κ3) is 7.26. The number of aliphatic carboxylic acids is 1. The van der Waals surface area contributed by atoms with E-state index in [4.69, 9.17) is 17.3 Å². The van der Waals surface area contributed by atoms with Gasteiger partial charge in [-0.1, -0.05) is 62.5 Å². The van der Waals surface area contributed by atoms with Crippen LogP contribution in [0.15, 0.2) is 9.70 Å². The Morgan fingerprint density at radius 3 is 2.26 bits per heavy atom. The molecule has 2 aliphatic heterocycles. The van der Waals surface area contributed by atoms with Gasteiger partial charge in [0, 0.05) is 38.2 Å². The first kappa shape index (κ1) is 29.9. The van der Waals surface area contributed by atoms with Crippen LogP contribution in [-0.4, -0.2) is 50.4 Å². The van der Waals surface area contributed by atoms with Crippen LogP contribution < -0.4 is 10.5 Å². The number of carbonyl (C=O) groups excluding carboxylic acids is 1. The van der Waals surface area contributed by atoms with Crippen LogP contribution in [0, 0.1) is 18.3 Å². The molecule has 2 fully saturated rings. The highest BCUT2D eigenvalue weighted by molar-refractivity contribution is 8.26. The van der Waals surface area contributed by atoms with Gasteiger partial charge in [0.1, 0.15) is 21.8 Å². The number of nitrogens with zero attached hydrogens (tertiary/aromatic N) is 4. The zero-order valence-corrected chi connectivity index (χ0v) is 24.1. The summed E-state index contributed by atoms with van der Waals surface area (Å²) in [5.74, 6) is -0.0488. The molecule has 1 N–H and O–H groups in total. The summed E-state index contributed by atoms with van der Waals surface area (Å²) in [6, 6.07) is 2.08. The third-order valence-electron chi connectivity index (χ3n) is 7.24. The summed E-state index contributed by atoms with van der Waals surface area (Å²) in [5.41, 5.74) is 1.21. The molecule has 0 radical (unpaired) electrons. The molecule has 8 nitrogen and oxygen atoms in total. The van der Waals surface area contributed by atoms with E-state index in [1.165, 1.54) is 11.8 Å². The van der Waals surface area contributed by atoms with E-state index in [0.717, 1.165) is 88.7 Å². The molecule has 3 heterocycles. The summed E-state index contributed by atoms with van der Waals surface area (Å²) < 4.78 is 2.21. The second-order valence-corrected chi connectivity index (χ2v) is 11.6. The van der Waals surface area contributed by atoms with Crippen molar-refractivity contribution in [2.45, 2.75) is 91.0 Å². The zero-order chi connectivity index (χ0) is 27.7. The second kappa shape index (κ2) is 14.5. The second-order valence-electron chi connectivity index (χ2n) is 9.90. The smallest absolute Gasteiger partial charge is 0.303 e. The molecule has 0 unspecified atom stereocenters. The predicted molar refractivity (Wildman–Crippen MR) is 156 cm³/mol. The number of carboxylic acid groups (broad SMARTS) is 1. The number of hydrogen-bond donors (Lipinski definition) is 1. The van der Waals surface area contributed by atoms with Gasteiger partial charge in [0.05, 0.1) is 4.91 Å². The van der Waals surface area contributed by atoms with E-state index >= 15 is 0 Å². The highest BCUT2D eigenvalue weighted by Gasteiger charge is 2.33. The quantitative estimate of drug-likeness (QED) is 0.183. The lowest BCUT2D eigenvalue weighted by Crippen LogP contribution is -2.33. The number of thiocarbonyl (C=S) groups is 1. The lowest BCUT2D eigenvalue weighted by molar-refractivity contribution is -0.137. The maximum atomic E-state index is 13.3. The highest BCUT2D eigenvalue weighted by atomic mass is 32.2. The highest BCUT2D eigenvalue weighted by Crippen LogP contribution is 2.36. The van der Waals surface area contributed by atoms with Gasteiger partial charge >= 0.3 is 5.97 Å². The largest absolute Gasteiger partial charge is 0.481 e. The van der Waals surface area contributed by atoms with Gasteiger partial charge in [-0.2, -0.15) is 5.26 Å². The first-order chi connectivity index (χ1) is 18.3. The maximum Gasteiger partial charge on any atom is 0.303 e. The normalized spacial score (nSPS) is 16.6. The van der Waals surface area contributed by atoms with Gasteiger partial charge in [-0.3, -0.25) is 23.9 Å². The average Bonchev–Trinajstić information content (AvgIpc) is 3.50. The summed E-state index contributed by atoms with van der Waals surface area (Å²) in [6.07, 6.45) is 12.1. The number of thioether (sulfide) groups is 1. The number of hydrogen-bond acceptors (Lipinski definition) is 7. The van der Waals surface area contributed by atoms with Gasteiger partial charge in [-0.15, -0.1) is 0 Å². The topological polar surface area (TPSA) is 107 Å². The molecule has 0 bridgehead atoms. The SMILES string of the molecule is CCn1c(N2CCCC2)c(/C=C2\SC(=S)N(CCCCCCCCCCC(=O)O)C2=O)c(C)c(C#N)c1=O. The molecule has 0 aromatic carbocycles. The predicted octanol–water partition coefficient (Wildman–Crippen LogP) is 5.45. The number of amides is 1. The molecule has 0 saturated carbocycles. The molecule has 2 saturated heterocycles. The van der Waals surface area contributed by atoms with Gasteiger partial charge in [-0.05, 0) is 51.2 Å². The van der Waals surface area contributed by atoms with Crippen molar-refractivity contribution < 1.29 is 14.7 Å². The van der Waals surface area contributed by atoms with E-state index in [1.54, 1.807) is 16.4 Å². The monoisotopic (exact) mass is 558 g/mol. The van der Waals surface area contributed by atoms with E-state index in [0.29, 0.717) is 27.9 Å². The van der Waals surface area contributed by atoms with E-state index in [2.05, 4.69) is 11.0 Å². The van der Waals surface area contributed by atoms with Crippen molar-refractivity contribution in [3.63, 3.8) is 0 Å². The molecule has 1 amide bonds. The summed E-state index contributed by atoms with van der Waals surface area (Å²) in [6.45, 7) is 6.41. The number of pyridine rings is 1. The van der Waals surface area contributed by atoms with Crippen LogP contribution in [0.3, 0.4) is 0 Å². The summed E-state index contributed by atoms with van der Waals surface area (Å²) >= 11 is 6.84. The van der Waals surface area contributed by atoms with Crippen molar-refractivity contribution in [3.05, 3.63) is 31.9 Å². The van der Waals surface area contributed by atoms with Crippen molar-refractivity contribution in [3.8, 4) is 6.07 Å². The summed E-state index contributed by atoms with van der Waals surface area (Å²) in [7, 11) is 0. The molecule has 3 rings (SSSR count). The Balaban J connectivity index is 1.65. The first-order valence-corrected chi connectivity index (χ1v) is 14.9. The minimum Gasteiger partial charge on any atom is -0.481 e. The number of anilines is 1. The van der Waals surface area contributed by atoms with Crippen LogP contribution in [0.1, 0.15) is 94.2 Å². The number of carboxylic acids is 1.